The summed E-state index contributed by atoms with van der Waals surface area (Å²) in [6.45, 7) is 1.31. The van der Waals surface area contributed by atoms with Gasteiger partial charge >= 0.3 is 5.97 Å². The highest BCUT2D eigenvalue weighted by molar-refractivity contribution is 5.92. The number of carbonyl (C=O) groups is 2. The standard InChI is InChI=1S/C12H13NO4/c1-9(15)13-11(7-14)12(16)17-8-10-5-3-2-4-6-10/h2-7,14H,8H2,1H3,(H,13,15). The van der Waals surface area contributed by atoms with Gasteiger partial charge < -0.3 is 15.2 Å². The van der Waals surface area contributed by atoms with Gasteiger partial charge in [0.25, 0.3) is 0 Å². The molecule has 5 nitrogen and oxygen atoms in total. The van der Waals surface area contributed by atoms with Gasteiger partial charge in [0.2, 0.25) is 5.91 Å². The zero-order valence-corrected chi connectivity index (χ0v) is 9.34. The molecule has 0 saturated heterocycles. The number of nitrogens with one attached hydrogen (secondary N) is 1. The maximum absolute atomic E-state index is 11.4. The van der Waals surface area contributed by atoms with Crippen LogP contribution < -0.4 is 5.32 Å². The molecule has 1 aromatic carbocycles. The average molecular weight is 235 g/mol. The van der Waals surface area contributed by atoms with E-state index in [1.54, 1.807) is 12.1 Å². The normalized spacial score (nSPS) is 10.8. The molecular formula is C12H13NO4. The van der Waals surface area contributed by atoms with Crippen LogP contribution in [0.3, 0.4) is 0 Å². The summed E-state index contributed by atoms with van der Waals surface area (Å²) in [7, 11) is 0. The number of carbonyl (C=O) groups excluding carboxylic acids is 2. The first-order valence-electron chi connectivity index (χ1n) is 4.96. The van der Waals surface area contributed by atoms with Crippen LogP contribution in [0.5, 0.6) is 0 Å². The van der Waals surface area contributed by atoms with E-state index in [2.05, 4.69) is 5.32 Å². The van der Waals surface area contributed by atoms with Crippen molar-refractivity contribution in [1.82, 2.24) is 5.32 Å². The molecule has 0 unspecified atom stereocenters. The maximum atomic E-state index is 11.4. The number of esters is 1. The lowest BCUT2D eigenvalue weighted by molar-refractivity contribution is -0.141. The molecule has 1 rings (SSSR count). The molecule has 0 bridgehead atoms. The van der Waals surface area contributed by atoms with E-state index >= 15 is 0 Å². The second-order valence-electron chi connectivity index (χ2n) is 3.29. The zero-order chi connectivity index (χ0) is 12.7. The highest BCUT2D eigenvalue weighted by atomic mass is 16.5. The third-order valence-electron chi connectivity index (χ3n) is 1.87. The van der Waals surface area contributed by atoms with E-state index in [0.717, 1.165) is 5.56 Å². The molecule has 0 heterocycles. The van der Waals surface area contributed by atoms with E-state index in [0.29, 0.717) is 6.26 Å². The summed E-state index contributed by atoms with van der Waals surface area (Å²) in [5, 5.41) is 10.9. The molecule has 0 aliphatic heterocycles. The minimum absolute atomic E-state index is 0.0800. The molecule has 0 spiro atoms. The van der Waals surface area contributed by atoms with Gasteiger partial charge in [0, 0.05) is 6.92 Å². The summed E-state index contributed by atoms with van der Waals surface area (Å²) >= 11 is 0. The van der Waals surface area contributed by atoms with Crippen molar-refractivity contribution in [2.75, 3.05) is 0 Å². The number of ether oxygens (including phenoxy) is 1. The number of aliphatic hydroxyl groups is 1. The van der Waals surface area contributed by atoms with Gasteiger partial charge in [-0.25, -0.2) is 4.79 Å². The molecule has 1 aromatic rings. The molecule has 0 fully saturated rings. The summed E-state index contributed by atoms with van der Waals surface area (Å²) in [4.78, 5) is 22.1. The topological polar surface area (TPSA) is 75.6 Å². The van der Waals surface area contributed by atoms with Crippen molar-refractivity contribution in [3.05, 3.63) is 47.9 Å². The van der Waals surface area contributed by atoms with Crippen molar-refractivity contribution < 1.29 is 19.4 Å². The Balaban J connectivity index is 2.52. The first kappa shape index (κ1) is 12.8. The summed E-state index contributed by atoms with van der Waals surface area (Å²) < 4.78 is 4.90. The summed E-state index contributed by atoms with van der Waals surface area (Å²) in [6.07, 6.45) is 0.509. The summed E-state index contributed by atoms with van der Waals surface area (Å²) in [5.74, 6) is -1.24. The van der Waals surface area contributed by atoms with Crippen molar-refractivity contribution in [3.63, 3.8) is 0 Å². The Morgan fingerprint density at radius 2 is 2.00 bits per heavy atom. The molecule has 0 atom stereocenters. The Labute approximate surface area is 98.7 Å². The van der Waals surface area contributed by atoms with Crippen molar-refractivity contribution in [2.45, 2.75) is 13.5 Å². The molecule has 0 aliphatic rings. The van der Waals surface area contributed by atoms with Crippen molar-refractivity contribution >= 4 is 11.9 Å². The Hall–Kier alpha value is -2.30. The third kappa shape index (κ3) is 4.38. The fraction of sp³-hybridized carbons (Fsp3) is 0.167. The van der Waals surface area contributed by atoms with E-state index < -0.39 is 11.9 Å². The number of rotatable bonds is 4. The predicted octanol–water partition coefficient (Wildman–Crippen LogP) is 1.27. The van der Waals surface area contributed by atoms with E-state index in [1.807, 2.05) is 18.2 Å². The minimum Gasteiger partial charge on any atom is -0.513 e. The van der Waals surface area contributed by atoms with Gasteiger partial charge in [-0.1, -0.05) is 30.3 Å². The lowest BCUT2D eigenvalue weighted by atomic mass is 10.2. The molecule has 1 amide bonds. The van der Waals surface area contributed by atoms with E-state index in [9.17, 15) is 9.59 Å². The Morgan fingerprint density at radius 1 is 1.35 bits per heavy atom. The smallest absolute Gasteiger partial charge is 0.358 e. The third-order valence-corrected chi connectivity index (χ3v) is 1.87. The zero-order valence-electron chi connectivity index (χ0n) is 9.34. The molecule has 0 aromatic heterocycles. The van der Waals surface area contributed by atoms with E-state index in [-0.39, 0.29) is 12.3 Å². The second kappa shape index (κ2) is 6.32. The van der Waals surface area contributed by atoms with Gasteiger partial charge in [-0.15, -0.1) is 0 Å². The first-order valence-corrected chi connectivity index (χ1v) is 4.96. The van der Waals surface area contributed by atoms with Gasteiger partial charge in [0.1, 0.15) is 12.9 Å². The molecule has 0 saturated carbocycles. The first-order chi connectivity index (χ1) is 8.13. The number of benzene rings is 1. The van der Waals surface area contributed by atoms with Crippen LogP contribution in [0.15, 0.2) is 42.3 Å². The summed E-state index contributed by atoms with van der Waals surface area (Å²) in [6, 6.07) is 9.09. The Morgan fingerprint density at radius 3 is 2.53 bits per heavy atom. The quantitative estimate of drug-likeness (QED) is 0.468. The van der Waals surface area contributed by atoms with Crippen molar-refractivity contribution in [1.29, 1.82) is 0 Å². The lowest BCUT2D eigenvalue weighted by Gasteiger charge is -2.07. The van der Waals surface area contributed by atoms with Gasteiger partial charge in [0.15, 0.2) is 5.70 Å². The highest BCUT2D eigenvalue weighted by Gasteiger charge is 2.12. The second-order valence-corrected chi connectivity index (χ2v) is 3.29. The SMILES string of the molecule is CC(=O)NC(=CO)C(=O)OCc1ccccc1. The predicted molar refractivity (Wildman–Crippen MR) is 60.8 cm³/mol. The highest BCUT2D eigenvalue weighted by Crippen LogP contribution is 2.02. The summed E-state index contributed by atoms with van der Waals surface area (Å²) in [5.41, 5.74) is 0.536. The monoisotopic (exact) mass is 235 g/mol. The van der Waals surface area contributed by atoms with Crippen LogP contribution in [0.25, 0.3) is 0 Å². The molecule has 90 valence electrons. The number of hydrogen-bond acceptors (Lipinski definition) is 4. The van der Waals surface area contributed by atoms with Gasteiger partial charge in [0.05, 0.1) is 0 Å². The van der Waals surface area contributed by atoms with Crippen molar-refractivity contribution in [3.8, 4) is 0 Å². The fourth-order valence-electron chi connectivity index (χ4n) is 1.13. The van der Waals surface area contributed by atoms with Crippen LogP contribution in [0.2, 0.25) is 0 Å². The Kier molecular flexibility index (Phi) is 4.75. The molecule has 17 heavy (non-hydrogen) atoms. The number of hydrogen-bond donors (Lipinski definition) is 2. The van der Waals surface area contributed by atoms with Crippen LogP contribution >= 0.6 is 0 Å². The molecular weight excluding hydrogens is 222 g/mol. The van der Waals surface area contributed by atoms with Crippen LogP contribution in [0, 0.1) is 0 Å². The van der Waals surface area contributed by atoms with Gasteiger partial charge in [-0.2, -0.15) is 0 Å². The Bertz CT molecular complexity index is 425. The lowest BCUT2D eigenvalue weighted by Crippen LogP contribution is -2.26. The number of amides is 1. The van der Waals surface area contributed by atoms with Crippen LogP contribution in [0.4, 0.5) is 0 Å². The van der Waals surface area contributed by atoms with Gasteiger partial charge in [-0.3, -0.25) is 4.79 Å². The van der Waals surface area contributed by atoms with Crippen LogP contribution in [-0.4, -0.2) is 17.0 Å². The van der Waals surface area contributed by atoms with Crippen LogP contribution in [-0.2, 0) is 20.9 Å². The van der Waals surface area contributed by atoms with E-state index in [1.165, 1.54) is 6.92 Å². The molecule has 0 aliphatic carbocycles. The molecule has 2 N–H and O–H groups in total. The largest absolute Gasteiger partial charge is 0.513 e. The fourth-order valence-corrected chi connectivity index (χ4v) is 1.13. The van der Waals surface area contributed by atoms with Crippen molar-refractivity contribution in [2.24, 2.45) is 0 Å². The van der Waals surface area contributed by atoms with E-state index in [4.69, 9.17) is 9.84 Å². The maximum Gasteiger partial charge on any atom is 0.358 e. The van der Waals surface area contributed by atoms with Gasteiger partial charge in [-0.05, 0) is 5.56 Å². The average Bonchev–Trinajstić information content (AvgIpc) is 2.34. The molecule has 5 heteroatoms. The molecule has 0 radical (unpaired) electrons. The number of aliphatic hydroxyl groups excluding tert-OH is 1. The van der Waals surface area contributed by atoms with Crippen LogP contribution in [0.1, 0.15) is 12.5 Å². The minimum atomic E-state index is -0.786.